The van der Waals surface area contributed by atoms with E-state index in [-0.39, 0.29) is 23.4 Å². The first-order chi connectivity index (χ1) is 15.0. The van der Waals surface area contributed by atoms with Crippen LogP contribution in [0, 0.1) is 23.2 Å². The van der Waals surface area contributed by atoms with Crippen molar-refractivity contribution in [2.45, 2.75) is 45.1 Å². The van der Waals surface area contributed by atoms with Crippen molar-refractivity contribution in [3.63, 3.8) is 0 Å². The number of nitrogens with one attached hydrogen (secondary N) is 1. The van der Waals surface area contributed by atoms with Crippen LogP contribution in [0.5, 0.6) is 5.75 Å². The van der Waals surface area contributed by atoms with Crippen LogP contribution < -0.4 is 14.5 Å². The van der Waals surface area contributed by atoms with Crippen LogP contribution in [-0.2, 0) is 9.53 Å². The second kappa shape index (κ2) is 8.16. The number of rotatable bonds is 4. The van der Waals surface area contributed by atoms with Gasteiger partial charge in [0.2, 0.25) is 0 Å². The van der Waals surface area contributed by atoms with Crippen LogP contribution in [0.1, 0.15) is 39.0 Å². The van der Waals surface area contributed by atoms with Crippen molar-refractivity contribution in [2.75, 3.05) is 44.7 Å². The molecule has 5 nitrogen and oxygen atoms in total. The van der Waals surface area contributed by atoms with Crippen molar-refractivity contribution >= 4 is 11.7 Å². The number of quaternary nitrogens is 1. The number of nitrogens with zero attached hydrogens (tertiary/aromatic N) is 1. The van der Waals surface area contributed by atoms with E-state index < -0.39 is 0 Å². The van der Waals surface area contributed by atoms with Crippen LogP contribution >= 0.6 is 0 Å². The third-order valence-electron chi connectivity index (χ3n) is 8.72. The molecule has 2 aliphatic heterocycles. The molecule has 5 heteroatoms. The maximum absolute atomic E-state index is 12.9. The fourth-order valence-corrected chi connectivity index (χ4v) is 6.89. The van der Waals surface area contributed by atoms with Crippen molar-refractivity contribution in [1.82, 2.24) is 0 Å². The van der Waals surface area contributed by atoms with Gasteiger partial charge in [0.25, 0.3) is 0 Å². The van der Waals surface area contributed by atoms with Gasteiger partial charge in [0.15, 0.2) is 0 Å². The Bertz CT molecular complexity index is 847. The number of methoxy groups -OCH3 is 1. The second-order valence-corrected chi connectivity index (χ2v) is 10.5. The van der Waals surface area contributed by atoms with E-state index in [9.17, 15) is 4.79 Å². The number of ether oxygens (including phenoxy) is 2. The molecule has 168 valence electrons. The van der Waals surface area contributed by atoms with E-state index in [1.54, 1.807) is 7.11 Å². The van der Waals surface area contributed by atoms with Crippen molar-refractivity contribution in [3.05, 3.63) is 36.4 Å². The molecule has 1 N–H and O–H groups in total. The molecule has 2 aliphatic carbocycles. The molecule has 4 aliphatic rings. The molecule has 4 fully saturated rings. The number of piperazine rings is 1. The monoisotopic (exact) mass is 425 g/mol. The molecular formula is C26H37N2O3+. The molecule has 2 saturated carbocycles. The number of hydrogen-bond acceptors (Lipinski definition) is 4. The van der Waals surface area contributed by atoms with E-state index in [1.807, 2.05) is 6.07 Å². The Morgan fingerprint density at radius 1 is 1.32 bits per heavy atom. The molecule has 5 atom stereocenters. The van der Waals surface area contributed by atoms with Gasteiger partial charge in [-0.2, -0.15) is 0 Å². The van der Waals surface area contributed by atoms with Gasteiger partial charge in [-0.3, -0.25) is 4.79 Å². The van der Waals surface area contributed by atoms with E-state index in [2.05, 4.69) is 36.6 Å². The Balaban J connectivity index is 1.22. The number of anilines is 1. The van der Waals surface area contributed by atoms with Crippen molar-refractivity contribution in [2.24, 2.45) is 23.2 Å². The van der Waals surface area contributed by atoms with Crippen molar-refractivity contribution in [1.29, 1.82) is 0 Å². The minimum atomic E-state index is 0.0580. The number of carbonyl (C=O) groups is 1. The summed E-state index contributed by atoms with van der Waals surface area (Å²) in [5.74, 6) is 1.97. The lowest BCUT2D eigenvalue weighted by Gasteiger charge is -2.50. The summed E-state index contributed by atoms with van der Waals surface area (Å²) in [6, 6.07) is 8.31. The SMILES string of the molecule is C=C1CCC[C@]2(C)C[C@H]3OC(=O)[C@H](C[NH+]4CCN(c5cccc(OC)c5)CC4)[C@H]3C[C@H]12. The standard InChI is InChI=1S/C26H36N2O3/c1-18-6-5-9-26(2)16-24-21(15-23(18)26)22(25(29)31-24)17-27-10-12-28(13-11-27)19-7-4-8-20(14-19)30-3/h4,7-8,14,21-24H,1,5-6,9-13,15-17H2,2-3H3/p+1/t21-,22-,23-,24-,26-/m1/s1. The van der Waals surface area contributed by atoms with Crippen LogP contribution in [0.3, 0.4) is 0 Å². The summed E-state index contributed by atoms with van der Waals surface area (Å²) in [4.78, 5) is 16.8. The Kier molecular flexibility index (Phi) is 5.49. The van der Waals surface area contributed by atoms with Crippen molar-refractivity contribution < 1.29 is 19.2 Å². The lowest BCUT2D eigenvalue weighted by molar-refractivity contribution is -0.903. The van der Waals surface area contributed by atoms with E-state index >= 15 is 0 Å². The minimum absolute atomic E-state index is 0.0580. The van der Waals surface area contributed by atoms with Crippen LogP contribution in [0.25, 0.3) is 0 Å². The van der Waals surface area contributed by atoms with Crippen LogP contribution in [0.2, 0.25) is 0 Å². The van der Waals surface area contributed by atoms with E-state index in [0.717, 1.165) is 57.7 Å². The van der Waals surface area contributed by atoms with Crippen molar-refractivity contribution in [3.8, 4) is 5.75 Å². The number of carbonyl (C=O) groups excluding carboxylic acids is 1. The Morgan fingerprint density at radius 2 is 2.13 bits per heavy atom. The highest BCUT2D eigenvalue weighted by Gasteiger charge is 2.56. The lowest BCUT2D eigenvalue weighted by atomic mass is 9.55. The van der Waals surface area contributed by atoms with Crippen LogP contribution in [-0.4, -0.2) is 51.9 Å². The lowest BCUT2D eigenvalue weighted by Crippen LogP contribution is -3.15. The van der Waals surface area contributed by atoms with Gasteiger partial charge >= 0.3 is 5.97 Å². The number of hydrogen-bond donors (Lipinski definition) is 1. The third kappa shape index (κ3) is 3.86. The zero-order valence-corrected chi connectivity index (χ0v) is 19.1. The first-order valence-electron chi connectivity index (χ1n) is 12.1. The van der Waals surface area contributed by atoms with Gasteiger partial charge in [-0.25, -0.2) is 0 Å². The Hall–Kier alpha value is -2.01. The van der Waals surface area contributed by atoms with E-state index in [0.29, 0.717) is 11.8 Å². The predicted molar refractivity (Wildman–Crippen MR) is 121 cm³/mol. The largest absolute Gasteiger partial charge is 0.497 e. The molecule has 2 saturated heterocycles. The summed E-state index contributed by atoms with van der Waals surface area (Å²) < 4.78 is 11.4. The number of allylic oxidation sites excluding steroid dienone is 1. The normalized spacial score (nSPS) is 36.0. The summed E-state index contributed by atoms with van der Waals surface area (Å²) in [5, 5.41) is 0. The topological polar surface area (TPSA) is 43.2 Å². The van der Waals surface area contributed by atoms with Gasteiger partial charge in [0.05, 0.1) is 39.8 Å². The zero-order valence-electron chi connectivity index (χ0n) is 19.1. The summed E-state index contributed by atoms with van der Waals surface area (Å²) in [6.07, 6.45) is 5.90. The molecule has 1 aromatic carbocycles. The van der Waals surface area contributed by atoms with E-state index in [4.69, 9.17) is 9.47 Å². The Morgan fingerprint density at radius 3 is 2.90 bits per heavy atom. The predicted octanol–water partition coefficient (Wildman–Crippen LogP) is 2.71. The molecule has 0 aromatic heterocycles. The highest BCUT2D eigenvalue weighted by Crippen LogP contribution is 2.56. The zero-order chi connectivity index (χ0) is 21.6. The third-order valence-corrected chi connectivity index (χ3v) is 8.72. The molecule has 0 amide bonds. The molecule has 0 unspecified atom stereocenters. The molecule has 2 heterocycles. The summed E-state index contributed by atoms with van der Waals surface area (Å²) in [6.45, 7) is 11.9. The fourth-order valence-electron chi connectivity index (χ4n) is 6.89. The maximum Gasteiger partial charge on any atom is 0.315 e. The van der Waals surface area contributed by atoms with Gasteiger partial charge in [0, 0.05) is 17.7 Å². The minimum Gasteiger partial charge on any atom is -0.497 e. The maximum atomic E-state index is 12.9. The number of fused-ring (bicyclic) bond motifs is 2. The molecule has 5 rings (SSSR count). The average Bonchev–Trinajstić information content (AvgIpc) is 3.06. The van der Waals surface area contributed by atoms with Crippen LogP contribution in [0.15, 0.2) is 36.4 Å². The van der Waals surface area contributed by atoms with Crippen LogP contribution in [0.4, 0.5) is 5.69 Å². The van der Waals surface area contributed by atoms with Gasteiger partial charge in [-0.15, -0.1) is 0 Å². The first kappa shape index (κ1) is 20.9. The summed E-state index contributed by atoms with van der Waals surface area (Å²) in [5.41, 5.74) is 2.92. The quantitative estimate of drug-likeness (QED) is 0.595. The second-order valence-electron chi connectivity index (χ2n) is 10.5. The average molecular weight is 426 g/mol. The molecule has 0 bridgehead atoms. The van der Waals surface area contributed by atoms with Gasteiger partial charge in [-0.1, -0.05) is 25.1 Å². The molecule has 31 heavy (non-hydrogen) atoms. The summed E-state index contributed by atoms with van der Waals surface area (Å²) in [7, 11) is 1.71. The molecular weight excluding hydrogens is 388 g/mol. The van der Waals surface area contributed by atoms with Gasteiger partial charge < -0.3 is 19.3 Å². The fraction of sp³-hybridized carbons (Fsp3) is 0.654. The molecule has 0 spiro atoms. The highest BCUT2D eigenvalue weighted by molar-refractivity contribution is 5.75. The van der Waals surface area contributed by atoms with E-state index in [1.165, 1.54) is 29.0 Å². The number of benzene rings is 1. The highest BCUT2D eigenvalue weighted by atomic mass is 16.6. The smallest absolute Gasteiger partial charge is 0.315 e. The Labute approximate surface area is 186 Å². The van der Waals surface area contributed by atoms with Gasteiger partial charge in [-0.05, 0) is 55.6 Å². The summed E-state index contributed by atoms with van der Waals surface area (Å²) >= 11 is 0. The number of esters is 1. The molecule has 1 aromatic rings. The van der Waals surface area contributed by atoms with Gasteiger partial charge in [0.1, 0.15) is 17.8 Å². The first-order valence-corrected chi connectivity index (χ1v) is 12.1. The molecule has 0 radical (unpaired) electrons.